The third-order valence-electron chi connectivity index (χ3n) is 3.68. The number of rotatable bonds is 5. The Kier molecular flexibility index (Phi) is 3.39. The molecule has 2 nitrogen and oxygen atoms in total. The molecular formula is C14H19NO. The lowest BCUT2D eigenvalue weighted by Crippen LogP contribution is -2.42. The van der Waals surface area contributed by atoms with Crippen LogP contribution >= 0.6 is 0 Å². The standard InChI is InChI=1S/C14H19NO/c15-11-4-8-13(16)14(9-5-10-14)12-6-2-1-3-7-12/h1-3,6-7H,4-5,8-11,15H2. The second-order valence-electron chi connectivity index (χ2n) is 4.62. The molecule has 0 spiro atoms. The average Bonchev–Trinajstić information content (AvgIpc) is 2.26. The molecule has 1 aromatic rings. The van der Waals surface area contributed by atoms with Gasteiger partial charge in [-0.3, -0.25) is 4.79 Å². The molecular weight excluding hydrogens is 198 g/mol. The monoisotopic (exact) mass is 217 g/mol. The summed E-state index contributed by atoms with van der Waals surface area (Å²) in [6.45, 7) is 0.608. The van der Waals surface area contributed by atoms with Gasteiger partial charge in [-0.1, -0.05) is 36.8 Å². The zero-order chi connectivity index (χ0) is 11.4. The van der Waals surface area contributed by atoms with Crippen molar-refractivity contribution >= 4 is 5.78 Å². The number of carbonyl (C=O) groups excluding carboxylic acids is 1. The molecule has 0 radical (unpaired) electrons. The Bertz CT molecular complexity index is 354. The minimum atomic E-state index is -0.170. The van der Waals surface area contributed by atoms with Crippen LogP contribution in [0.3, 0.4) is 0 Å². The van der Waals surface area contributed by atoms with Gasteiger partial charge in [0.1, 0.15) is 5.78 Å². The summed E-state index contributed by atoms with van der Waals surface area (Å²) in [5.41, 5.74) is 6.49. The first-order valence-electron chi connectivity index (χ1n) is 6.08. The normalized spacial score (nSPS) is 17.8. The number of hydrogen-bond acceptors (Lipinski definition) is 2. The highest BCUT2D eigenvalue weighted by Crippen LogP contribution is 2.45. The van der Waals surface area contributed by atoms with Gasteiger partial charge in [0.15, 0.2) is 0 Å². The summed E-state index contributed by atoms with van der Waals surface area (Å²) in [5, 5.41) is 0. The summed E-state index contributed by atoms with van der Waals surface area (Å²) in [5.74, 6) is 0.385. The second kappa shape index (κ2) is 4.79. The maximum atomic E-state index is 12.3. The van der Waals surface area contributed by atoms with E-state index < -0.39 is 0 Å². The lowest BCUT2D eigenvalue weighted by molar-refractivity contribution is -0.127. The highest BCUT2D eigenvalue weighted by molar-refractivity contribution is 5.91. The van der Waals surface area contributed by atoms with Gasteiger partial charge in [-0.05, 0) is 31.4 Å². The highest BCUT2D eigenvalue weighted by Gasteiger charge is 2.44. The molecule has 0 bridgehead atoms. The Morgan fingerprint density at radius 1 is 1.25 bits per heavy atom. The summed E-state index contributed by atoms with van der Waals surface area (Å²) in [6.07, 6.45) is 4.64. The van der Waals surface area contributed by atoms with Gasteiger partial charge in [-0.15, -0.1) is 0 Å². The van der Waals surface area contributed by atoms with Crippen LogP contribution in [0.25, 0.3) is 0 Å². The predicted octanol–water partition coefficient (Wildman–Crippen LogP) is 2.42. The highest BCUT2D eigenvalue weighted by atomic mass is 16.1. The lowest BCUT2D eigenvalue weighted by atomic mass is 9.61. The second-order valence-corrected chi connectivity index (χ2v) is 4.62. The molecule has 0 aromatic heterocycles. The van der Waals surface area contributed by atoms with Gasteiger partial charge in [-0.25, -0.2) is 0 Å². The maximum Gasteiger partial charge on any atom is 0.143 e. The molecule has 2 rings (SSSR count). The topological polar surface area (TPSA) is 43.1 Å². The van der Waals surface area contributed by atoms with Gasteiger partial charge >= 0.3 is 0 Å². The van der Waals surface area contributed by atoms with Crippen LogP contribution in [0.1, 0.15) is 37.7 Å². The number of benzene rings is 1. The van der Waals surface area contributed by atoms with Crippen LogP contribution < -0.4 is 5.73 Å². The van der Waals surface area contributed by atoms with Gasteiger partial charge in [-0.2, -0.15) is 0 Å². The van der Waals surface area contributed by atoms with E-state index in [1.807, 2.05) is 18.2 Å². The van der Waals surface area contributed by atoms with Crippen LogP contribution in [0.4, 0.5) is 0 Å². The largest absolute Gasteiger partial charge is 0.330 e. The van der Waals surface area contributed by atoms with Crippen LogP contribution in [0, 0.1) is 0 Å². The lowest BCUT2D eigenvalue weighted by Gasteiger charge is -2.41. The predicted molar refractivity (Wildman–Crippen MR) is 65.3 cm³/mol. The van der Waals surface area contributed by atoms with Crippen LogP contribution in [0.15, 0.2) is 30.3 Å². The van der Waals surface area contributed by atoms with Gasteiger partial charge < -0.3 is 5.73 Å². The summed E-state index contributed by atoms with van der Waals surface area (Å²) < 4.78 is 0. The van der Waals surface area contributed by atoms with Crippen LogP contribution in [0.2, 0.25) is 0 Å². The average molecular weight is 217 g/mol. The Morgan fingerprint density at radius 2 is 1.94 bits per heavy atom. The molecule has 2 heteroatoms. The molecule has 1 aliphatic carbocycles. The Morgan fingerprint density at radius 3 is 2.44 bits per heavy atom. The fourth-order valence-electron chi connectivity index (χ4n) is 2.52. The van der Waals surface area contributed by atoms with Crippen molar-refractivity contribution in [1.29, 1.82) is 0 Å². The van der Waals surface area contributed by atoms with Crippen molar-refractivity contribution in [2.75, 3.05) is 6.54 Å². The molecule has 1 aliphatic rings. The molecule has 0 saturated heterocycles. The third kappa shape index (κ3) is 1.90. The van der Waals surface area contributed by atoms with E-state index in [4.69, 9.17) is 5.73 Å². The van der Waals surface area contributed by atoms with E-state index in [0.717, 1.165) is 19.3 Å². The van der Waals surface area contributed by atoms with E-state index in [2.05, 4.69) is 12.1 Å². The quantitative estimate of drug-likeness (QED) is 0.823. The van der Waals surface area contributed by atoms with E-state index in [-0.39, 0.29) is 5.41 Å². The summed E-state index contributed by atoms with van der Waals surface area (Å²) in [4.78, 5) is 12.3. The zero-order valence-electron chi connectivity index (χ0n) is 9.61. The van der Waals surface area contributed by atoms with E-state index in [1.54, 1.807) is 0 Å². The van der Waals surface area contributed by atoms with Crippen molar-refractivity contribution in [2.24, 2.45) is 5.73 Å². The first kappa shape index (κ1) is 11.3. The Balaban J connectivity index is 2.17. The molecule has 16 heavy (non-hydrogen) atoms. The third-order valence-corrected chi connectivity index (χ3v) is 3.68. The molecule has 0 aliphatic heterocycles. The Hall–Kier alpha value is -1.15. The summed E-state index contributed by atoms with van der Waals surface area (Å²) in [6, 6.07) is 10.2. The number of carbonyl (C=O) groups is 1. The van der Waals surface area contributed by atoms with Gasteiger partial charge in [0.25, 0.3) is 0 Å². The fraction of sp³-hybridized carbons (Fsp3) is 0.500. The van der Waals surface area contributed by atoms with E-state index in [9.17, 15) is 4.79 Å². The molecule has 1 fully saturated rings. The number of ketones is 1. The molecule has 0 heterocycles. The van der Waals surface area contributed by atoms with Gasteiger partial charge in [0.2, 0.25) is 0 Å². The first-order valence-corrected chi connectivity index (χ1v) is 6.08. The molecule has 0 atom stereocenters. The van der Waals surface area contributed by atoms with Crippen molar-refractivity contribution in [3.63, 3.8) is 0 Å². The summed E-state index contributed by atoms with van der Waals surface area (Å²) in [7, 11) is 0. The van der Waals surface area contributed by atoms with Crippen molar-refractivity contribution < 1.29 is 4.79 Å². The molecule has 0 unspecified atom stereocenters. The van der Waals surface area contributed by atoms with E-state index >= 15 is 0 Å². The molecule has 1 aromatic carbocycles. The van der Waals surface area contributed by atoms with Gasteiger partial charge in [0.05, 0.1) is 5.41 Å². The minimum absolute atomic E-state index is 0.170. The van der Waals surface area contributed by atoms with Crippen molar-refractivity contribution in [2.45, 2.75) is 37.5 Å². The molecule has 1 saturated carbocycles. The molecule has 2 N–H and O–H groups in total. The first-order chi connectivity index (χ1) is 7.79. The number of hydrogen-bond donors (Lipinski definition) is 1. The molecule has 86 valence electrons. The van der Waals surface area contributed by atoms with Crippen LogP contribution in [-0.2, 0) is 10.2 Å². The van der Waals surface area contributed by atoms with E-state index in [1.165, 1.54) is 12.0 Å². The minimum Gasteiger partial charge on any atom is -0.330 e. The maximum absolute atomic E-state index is 12.3. The van der Waals surface area contributed by atoms with E-state index in [0.29, 0.717) is 18.7 Å². The number of Topliss-reactive ketones (excluding diaryl/α,β-unsaturated/α-hetero) is 1. The van der Waals surface area contributed by atoms with Gasteiger partial charge in [0, 0.05) is 6.42 Å². The fourth-order valence-corrected chi connectivity index (χ4v) is 2.52. The SMILES string of the molecule is NCCCC(=O)C1(c2ccccc2)CCC1. The van der Waals surface area contributed by atoms with Crippen molar-refractivity contribution in [3.05, 3.63) is 35.9 Å². The van der Waals surface area contributed by atoms with Crippen molar-refractivity contribution in [1.82, 2.24) is 0 Å². The smallest absolute Gasteiger partial charge is 0.143 e. The zero-order valence-corrected chi connectivity index (χ0v) is 9.61. The van der Waals surface area contributed by atoms with Crippen LogP contribution in [0.5, 0.6) is 0 Å². The van der Waals surface area contributed by atoms with Crippen molar-refractivity contribution in [3.8, 4) is 0 Å². The summed E-state index contributed by atoms with van der Waals surface area (Å²) >= 11 is 0. The van der Waals surface area contributed by atoms with Crippen LogP contribution in [-0.4, -0.2) is 12.3 Å². The Labute approximate surface area is 96.8 Å². The number of nitrogens with two attached hydrogens (primary N) is 1. The molecule has 0 amide bonds.